The Morgan fingerprint density at radius 3 is 2.55 bits per heavy atom. The van der Waals surface area contributed by atoms with E-state index in [1.54, 1.807) is 29.2 Å². The SMILES string of the molecule is COc1c(Nc2cc(NC(=O)C3CC3)nnc2C(=O)O)cccc1-c1ncn(CCCC(=O)OC(C)(C)C)n1.[Zn]. The summed E-state index contributed by atoms with van der Waals surface area (Å²) in [5.41, 5.74) is 0.274. The molecule has 0 spiro atoms. The average molecular weight is 603 g/mol. The van der Waals surface area contributed by atoms with E-state index in [1.807, 2.05) is 20.8 Å². The van der Waals surface area contributed by atoms with Crippen LogP contribution in [0.1, 0.15) is 56.9 Å². The minimum absolute atomic E-state index is 0. The molecule has 3 aromatic rings. The quantitative estimate of drug-likeness (QED) is 0.216. The van der Waals surface area contributed by atoms with Gasteiger partial charge < -0.3 is 25.2 Å². The predicted octanol–water partition coefficient (Wildman–Crippen LogP) is 3.65. The van der Waals surface area contributed by atoms with Crippen LogP contribution in [0.3, 0.4) is 0 Å². The largest absolute Gasteiger partial charge is 0.494 e. The van der Waals surface area contributed by atoms with E-state index in [4.69, 9.17) is 9.47 Å². The molecule has 13 nitrogen and oxygen atoms in total. The molecule has 1 fully saturated rings. The van der Waals surface area contributed by atoms with Crippen LogP contribution in [0.4, 0.5) is 17.2 Å². The standard InChI is InChI=1S/C26H31N7O6.Zn/c1-26(2,3)39-20(34)9-6-12-33-14-27-23(32-33)16-7-5-8-17(22(16)38-4)28-18-13-19(29-24(35)15-10-11-15)30-31-21(18)25(36)37;/h5,7-8,13-15H,6,9-12H2,1-4H3,(H,36,37)(H2,28,29,30,35);. The van der Waals surface area contributed by atoms with Crippen molar-refractivity contribution in [1.82, 2.24) is 25.0 Å². The van der Waals surface area contributed by atoms with E-state index in [9.17, 15) is 19.5 Å². The number of carbonyl (C=O) groups is 3. The van der Waals surface area contributed by atoms with Crippen LogP contribution in [-0.4, -0.2) is 60.6 Å². The van der Waals surface area contributed by atoms with Crippen molar-refractivity contribution in [2.24, 2.45) is 5.92 Å². The van der Waals surface area contributed by atoms with Crippen molar-refractivity contribution >= 4 is 35.0 Å². The summed E-state index contributed by atoms with van der Waals surface area (Å²) in [6.07, 6.45) is 3.98. The van der Waals surface area contributed by atoms with Gasteiger partial charge >= 0.3 is 11.9 Å². The third kappa shape index (κ3) is 8.04. The third-order valence-corrected chi connectivity index (χ3v) is 5.65. The van der Waals surface area contributed by atoms with Crippen molar-refractivity contribution in [3.05, 3.63) is 36.3 Å². The molecule has 4 rings (SSSR count). The number of aromatic carboxylic acids is 1. The normalized spacial score (nSPS) is 12.7. The van der Waals surface area contributed by atoms with Gasteiger partial charge in [-0.2, -0.15) is 5.10 Å². The van der Waals surface area contributed by atoms with E-state index >= 15 is 0 Å². The Morgan fingerprint density at radius 1 is 1.15 bits per heavy atom. The molecule has 14 heteroatoms. The van der Waals surface area contributed by atoms with Gasteiger partial charge in [0.1, 0.15) is 11.9 Å². The number of nitrogens with zero attached hydrogens (tertiary/aromatic N) is 5. The Hall–Kier alpha value is -3.93. The second-order valence-electron chi connectivity index (χ2n) is 10.1. The summed E-state index contributed by atoms with van der Waals surface area (Å²) in [6.45, 7) is 5.94. The number of anilines is 3. The molecule has 1 aliphatic carbocycles. The Kier molecular flexibility index (Phi) is 9.91. The zero-order chi connectivity index (χ0) is 28.2. The van der Waals surface area contributed by atoms with E-state index in [0.29, 0.717) is 35.8 Å². The van der Waals surface area contributed by atoms with E-state index in [0.717, 1.165) is 12.8 Å². The van der Waals surface area contributed by atoms with Gasteiger partial charge in [-0.15, -0.1) is 10.2 Å². The van der Waals surface area contributed by atoms with Crippen LogP contribution in [-0.2, 0) is 40.3 Å². The zero-order valence-corrected chi connectivity index (χ0v) is 25.9. The van der Waals surface area contributed by atoms with Crippen LogP contribution in [0.15, 0.2) is 30.6 Å². The van der Waals surface area contributed by atoms with E-state index in [2.05, 4.69) is 30.9 Å². The summed E-state index contributed by atoms with van der Waals surface area (Å²) in [7, 11) is 1.48. The second kappa shape index (κ2) is 13.0. The van der Waals surface area contributed by atoms with Gasteiger partial charge in [0.25, 0.3) is 0 Å². The Bertz CT molecular complexity index is 1380. The fraction of sp³-hybridized carbons (Fsp3) is 0.423. The van der Waals surface area contributed by atoms with Crippen molar-refractivity contribution in [2.45, 2.75) is 58.6 Å². The number of aromatic nitrogens is 5. The maximum Gasteiger partial charge on any atom is 0.358 e. The molecule has 0 aliphatic heterocycles. The van der Waals surface area contributed by atoms with Crippen LogP contribution in [0.2, 0.25) is 0 Å². The molecule has 0 unspecified atom stereocenters. The van der Waals surface area contributed by atoms with Crippen LogP contribution in [0.25, 0.3) is 11.4 Å². The first-order chi connectivity index (χ1) is 18.5. The Labute approximate surface area is 243 Å². The molecule has 208 valence electrons. The number of amides is 1. The minimum atomic E-state index is -1.29. The van der Waals surface area contributed by atoms with Crippen molar-refractivity contribution in [1.29, 1.82) is 0 Å². The minimum Gasteiger partial charge on any atom is -0.494 e. The molecule has 0 bridgehead atoms. The predicted molar refractivity (Wildman–Crippen MR) is 141 cm³/mol. The van der Waals surface area contributed by atoms with E-state index in [-0.39, 0.29) is 60.9 Å². The maximum absolute atomic E-state index is 12.1. The zero-order valence-electron chi connectivity index (χ0n) is 22.9. The number of carbonyl (C=O) groups excluding carboxylic acids is 2. The summed E-state index contributed by atoms with van der Waals surface area (Å²) in [5.74, 6) is -0.884. The van der Waals surface area contributed by atoms with Gasteiger partial charge in [0.05, 0.1) is 24.0 Å². The molecule has 1 aromatic carbocycles. The van der Waals surface area contributed by atoms with Gasteiger partial charge in [0.15, 0.2) is 23.1 Å². The summed E-state index contributed by atoms with van der Waals surface area (Å²) in [6, 6.07) is 6.64. The molecule has 0 radical (unpaired) electrons. The molecule has 0 saturated heterocycles. The molecule has 2 aromatic heterocycles. The monoisotopic (exact) mass is 601 g/mol. The first-order valence-corrected chi connectivity index (χ1v) is 12.5. The number of carboxylic acids is 1. The van der Waals surface area contributed by atoms with Crippen molar-refractivity contribution in [3.63, 3.8) is 0 Å². The Morgan fingerprint density at radius 2 is 1.90 bits per heavy atom. The number of rotatable bonds is 11. The van der Waals surface area contributed by atoms with Gasteiger partial charge in [-0.05, 0) is 52.2 Å². The number of ether oxygens (including phenoxy) is 2. The second-order valence-corrected chi connectivity index (χ2v) is 10.1. The first kappa shape index (κ1) is 30.6. The van der Waals surface area contributed by atoms with Gasteiger partial charge in [-0.25, -0.2) is 9.78 Å². The summed E-state index contributed by atoms with van der Waals surface area (Å²) in [4.78, 5) is 40.3. The van der Waals surface area contributed by atoms with Crippen molar-refractivity contribution in [3.8, 4) is 17.1 Å². The van der Waals surface area contributed by atoms with E-state index < -0.39 is 11.6 Å². The number of esters is 1. The Balaban J connectivity index is 0.00000441. The van der Waals surface area contributed by atoms with Crippen molar-refractivity contribution < 1.29 is 48.4 Å². The molecule has 1 aliphatic rings. The maximum atomic E-state index is 12.1. The molecular formula is C26H31N7O6Zn. The molecule has 3 N–H and O–H groups in total. The van der Waals surface area contributed by atoms with Crippen molar-refractivity contribution in [2.75, 3.05) is 17.7 Å². The van der Waals surface area contributed by atoms with Crippen LogP contribution in [0.5, 0.6) is 5.75 Å². The fourth-order valence-corrected chi connectivity index (χ4v) is 3.76. The first-order valence-electron chi connectivity index (χ1n) is 12.5. The molecule has 1 amide bonds. The third-order valence-electron chi connectivity index (χ3n) is 5.65. The van der Waals surface area contributed by atoms with Gasteiger partial charge in [-0.3, -0.25) is 14.3 Å². The van der Waals surface area contributed by atoms with Crippen LogP contribution >= 0.6 is 0 Å². The number of para-hydroxylation sites is 1. The van der Waals surface area contributed by atoms with Crippen LogP contribution < -0.4 is 15.4 Å². The molecular weight excluding hydrogens is 572 g/mol. The molecule has 1 saturated carbocycles. The molecule has 40 heavy (non-hydrogen) atoms. The number of methoxy groups -OCH3 is 1. The number of aryl methyl sites for hydroxylation is 1. The fourth-order valence-electron chi connectivity index (χ4n) is 3.76. The number of hydrogen-bond acceptors (Lipinski definition) is 10. The number of carboxylic acid groups (broad SMARTS) is 1. The summed E-state index contributed by atoms with van der Waals surface area (Å²) in [5, 5.41) is 27.4. The van der Waals surface area contributed by atoms with Crippen LogP contribution in [0, 0.1) is 5.92 Å². The number of benzene rings is 1. The topological polar surface area (TPSA) is 170 Å². The average Bonchev–Trinajstić information content (AvgIpc) is 3.61. The summed E-state index contributed by atoms with van der Waals surface area (Å²) >= 11 is 0. The molecule has 0 atom stereocenters. The van der Waals surface area contributed by atoms with Gasteiger partial charge in [-0.1, -0.05) is 6.07 Å². The summed E-state index contributed by atoms with van der Waals surface area (Å²) < 4.78 is 12.6. The van der Waals surface area contributed by atoms with Gasteiger partial charge in [0.2, 0.25) is 5.91 Å². The molecule has 2 heterocycles. The van der Waals surface area contributed by atoms with Gasteiger partial charge in [0, 0.05) is 44.4 Å². The van der Waals surface area contributed by atoms with E-state index in [1.165, 1.54) is 13.2 Å². The number of nitrogens with one attached hydrogen (secondary N) is 2. The smallest absolute Gasteiger partial charge is 0.358 e. The number of hydrogen-bond donors (Lipinski definition) is 3.